The Morgan fingerprint density at radius 3 is 2.16 bits per heavy atom. The van der Waals surface area contributed by atoms with Crippen LogP contribution in [0.15, 0.2) is 36.0 Å². The van der Waals surface area contributed by atoms with Crippen LogP contribution in [0.3, 0.4) is 0 Å². The van der Waals surface area contributed by atoms with Crippen molar-refractivity contribution in [1.82, 2.24) is 0 Å². The summed E-state index contributed by atoms with van der Waals surface area (Å²) in [5.74, 6) is 0.379. The minimum Gasteiger partial charge on any atom is -0.458 e. The van der Waals surface area contributed by atoms with Crippen LogP contribution in [0.1, 0.15) is 163 Å². The molecule has 0 amide bonds. The zero-order valence-corrected chi connectivity index (χ0v) is 31.9. The molecule has 4 aliphatic rings. The summed E-state index contributed by atoms with van der Waals surface area (Å²) in [5.41, 5.74) is 0.580. The third-order valence-electron chi connectivity index (χ3n) is 12.4. The molecule has 7 heteroatoms. The first kappa shape index (κ1) is 42.3. The Balaban J connectivity index is 0.00000103. The average Bonchev–Trinajstić information content (AvgIpc) is 3.42. The van der Waals surface area contributed by atoms with E-state index in [-0.39, 0.29) is 46.8 Å². The van der Waals surface area contributed by atoms with Crippen molar-refractivity contribution in [2.75, 3.05) is 6.61 Å². The Hall–Kier alpha value is -2.09. The van der Waals surface area contributed by atoms with Gasteiger partial charge in [-0.15, -0.1) is 0 Å². The lowest BCUT2D eigenvalue weighted by Gasteiger charge is -2.58. The monoisotopic (exact) mass is 699 g/mol. The zero-order valence-electron chi connectivity index (χ0n) is 31.9. The third kappa shape index (κ3) is 12.0. The molecule has 3 saturated carbocycles. The maximum atomic E-state index is 13.4. The van der Waals surface area contributed by atoms with Gasteiger partial charge in [0.1, 0.15) is 6.61 Å². The van der Waals surface area contributed by atoms with E-state index in [2.05, 4.69) is 32.9 Å². The molecule has 7 nitrogen and oxygen atoms in total. The number of hydrogen-bond acceptors (Lipinski definition) is 7. The number of esters is 1. The maximum absolute atomic E-state index is 13.4. The summed E-state index contributed by atoms with van der Waals surface area (Å²) in [6.45, 7) is 8.39. The predicted molar refractivity (Wildman–Crippen MR) is 200 cm³/mol. The molecule has 284 valence electrons. The average molecular weight is 699 g/mol. The van der Waals surface area contributed by atoms with Gasteiger partial charge in [-0.2, -0.15) is 0 Å². The second kappa shape index (κ2) is 21.4. The fraction of sp³-hybridized carbons (Fsp3) is 0.791. The highest BCUT2D eigenvalue weighted by Gasteiger charge is 2.62. The summed E-state index contributed by atoms with van der Waals surface area (Å²) in [7, 11) is 0. The summed E-state index contributed by atoms with van der Waals surface area (Å²) in [4.78, 5) is 37.9. The quantitative estimate of drug-likeness (QED) is 0.0502. The molecule has 7 atom stereocenters. The maximum Gasteiger partial charge on any atom is 0.306 e. The summed E-state index contributed by atoms with van der Waals surface area (Å²) in [5, 5.41) is 27.7. The van der Waals surface area contributed by atoms with Gasteiger partial charge >= 0.3 is 5.97 Å². The number of carbonyl (C=O) groups is 3. The molecule has 0 radical (unpaired) electrons. The molecule has 0 aromatic rings. The molecule has 4 aliphatic carbocycles. The number of Topliss-reactive ketones (excluding diaryl/α,β-unsaturated/α-hetero) is 1. The molecule has 0 saturated heterocycles. The van der Waals surface area contributed by atoms with Gasteiger partial charge in [-0.05, 0) is 100 Å². The first-order valence-electron chi connectivity index (χ1n) is 20.3. The van der Waals surface area contributed by atoms with Gasteiger partial charge in [0.2, 0.25) is 0 Å². The van der Waals surface area contributed by atoms with Crippen LogP contribution < -0.4 is 0 Å². The van der Waals surface area contributed by atoms with E-state index in [1.54, 1.807) is 12.2 Å². The molecular formula is C43H70O7. The van der Waals surface area contributed by atoms with Crippen molar-refractivity contribution >= 4 is 17.5 Å². The van der Waals surface area contributed by atoms with E-state index in [1.165, 1.54) is 57.8 Å². The molecule has 3 fully saturated rings. The summed E-state index contributed by atoms with van der Waals surface area (Å²) in [6.07, 6.45) is 30.2. The van der Waals surface area contributed by atoms with Crippen LogP contribution in [0.5, 0.6) is 0 Å². The van der Waals surface area contributed by atoms with Crippen molar-refractivity contribution in [3.8, 4) is 0 Å². The number of hydrogen-bond donors (Lipinski definition) is 3. The van der Waals surface area contributed by atoms with E-state index in [1.807, 2.05) is 13.0 Å². The highest BCUT2D eigenvalue weighted by molar-refractivity contribution is 6.01. The molecule has 0 aromatic carbocycles. The van der Waals surface area contributed by atoms with Crippen LogP contribution in [0.4, 0.5) is 0 Å². The van der Waals surface area contributed by atoms with Gasteiger partial charge in [0.15, 0.2) is 17.9 Å². The molecule has 7 unspecified atom stereocenters. The lowest BCUT2D eigenvalue weighted by atomic mass is 9.46. The Bertz CT molecular complexity index is 1150. The van der Waals surface area contributed by atoms with Crippen LogP contribution in [-0.4, -0.2) is 51.9 Å². The van der Waals surface area contributed by atoms with Crippen molar-refractivity contribution in [1.29, 1.82) is 0 Å². The van der Waals surface area contributed by atoms with E-state index in [0.717, 1.165) is 63.4 Å². The third-order valence-corrected chi connectivity index (χ3v) is 12.4. The fourth-order valence-electron chi connectivity index (χ4n) is 9.78. The Kier molecular flexibility index (Phi) is 18.1. The van der Waals surface area contributed by atoms with Gasteiger partial charge in [0, 0.05) is 23.7 Å². The van der Waals surface area contributed by atoms with Gasteiger partial charge in [-0.1, -0.05) is 109 Å². The van der Waals surface area contributed by atoms with Crippen LogP contribution in [0, 0.1) is 34.5 Å². The zero-order chi connectivity index (χ0) is 36.6. The van der Waals surface area contributed by atoms with E-state index in [4.69, 9.17) is 14.9 Å². The van der Waals surface area contributed by atoms with E-state index < -0.39 is 12.4 Å². The van der Waals surface area contributed by atoms with E-state index >= 15 is 0 Å². The fourth-order valence-corrected chi connectivity index (χ4v) is 9.78. The number of unbranched alkanes of at least 4 members (excludes halogenated alkanes) is 11. The van der Waals surface area contributed by atoms with Crippen LogP contribution in [-0.2, 0) is 19.1 Å². The lowest BCUT2D eigenvalue weighted by Crippen LogP contribution is -2.56. The Morgan fingerprint density at radius 1 is 0.900 bits per heavy atom. The molecule has 4 rings (SSSR count). The minimum atomic E-state index is -1.10. The highest BCUT2D eigenvalue weighted by Crippen LogP contribution is 2.66. The Morgan fingerprint density at radius 2 is 1.54 bits per heavy atom. The minimum absolute atomic E-state index is 0.0179. The summed E-state index contributed by atoms with van der Waals surface area (Å²) in [6, 6.07) is 0. The summed E-state index contributed by atoms with van der Waals surface area (Å²) >= 11 is 0. The van der Waals surface area contributed by atoms with Gasteiger partial charge in [-0.25, -0.2) is 0 Å². The molecule has 3 N–H and O–H groups in total. The Labute approximate surface area is 303 Å². The van der Waals surface area contributed by atoms with E-state index in [0.29, 0.717) is 31.1 Å². The number of ether oxygens (including phenoxy) is 1. The number of carbonyl (C=O) groups excluding carboxylic acids is 3. The highest BCUT2D eigenvalue weighted by atomic mass is 16.5. The molecule has 0 aliphatic heterocycles. The second-order valence-corrected chi connectivity index (χ2v) is 16.2. The van der Waals surface area contributed by atoms with Crippen molar-refractivity contribution in [2.24, 2.45) is 34.5 Å². The van der Waals surface area contributed by atoms with Crippen molar-refractivity contribution in [2.45, 2.75) is 175 Å². The molecule has 0 heterocycles. The normalized spacial score (nSPS) is 30.0. The van der Waals surface area contributed by atoms with Gasteiger partial charge in [-0.3, -0.25) is 14.4 Å². The van der Waals surface area contributed by atoms with Crippen molar-refractivity contribution in [3.63, 3.8) is 0 Å². The topological polar surface area (TPSA) is 121 Å². The lowest BCUT2D eigenvalue weighted by molar-refractivity contribution is -0.153. The molecule has 0 aromatic heterocycles. The number of ketones is 2. The first-order chi connectivity index (χ1) is 24.0. The number of aliphatic hydroxyl groups is 3. The number of fused-ring (bicyclic) bond motifs is 5. The SMILES string of the molecule is CCCC(O)O.CCCCCCCC/C=C/CCCCCCCC(=O)OCC(=O)C1CCC2C3CCC4=CC(=O)C=CC4(C)C3C(O)CC12C. The number of allylic oxidation sites excluding steroid dienone is 6. The van der Waals surface area contributed by atoms with Crippen molar-refractivity contribution in [3.05, 3.63) is 36.0 Å². The van der Waals surface area contributed by atoms with Crippen molar-refractivity contribution < 1.29 is 34.4 Å². The largest absolute Gasteiger partial charge is 0.458 e. The predicted octanol–water partition coefficient (Wildman–Crippen LogP) is 9.13. The molecular weight excluding hydrogens is 628 g/mol. The summed E-state index contributed by atoms with van der Waals surface area (Å²) < 4.78 is 5.48. The smallest absolute Gasteiger partial charge is 0.306 e. The molecule has 0 bridgehead atoms. The molecule has 0 spiro atoms. The number of aliphatic hydroxyl groups excluding tert-OH is 2. The van der Waals surface area contributed by atoms with E-state index in [9.17, 15) is 19.5 Å². The van der Waals surface area contributed by atoms with Crippen LogP contribution in [0.25, 0.3) is 0 Å². The van der Waals surface area contributed by atoms with Gasteiger partial charge in [0.25, 0.3) is 0 Å². The first-order valence-corrected chi connectivity index (χ1v) is 20.3. The second-order valence-electron chi connectivity index (χ2n) is 16.2. The van der Waals surface area contributed by atoms with Crippen LogP contribution >= 0.6 is 0 Å². The standard InChI is InChI=1S/C39H60O5.C4H10O2/c1-4-5-6-7-8-9-10-11-12-13-14-15-16-17-18-19-36(43)44-28-35(42)33-23-22-32-31-21-20-29-26-30(40)24-25-38(29,2)37(31)34(41)27-39(32,33)3;1-2-3-4(5)6/h11-12,24-26,31-34,37,41H,4-10,13-23,27-28H2,1-3H3;4-6H,2-3H2,1H3/b12-11+;. The van der Waals surface area contributed by atoms with Gasteiger partial charge in [0.05, 0.1) is 6.10 Å². The molecule has 50 heavy (non-hydrogen) atoms. The van der Waals surface area contributed by atoms with Crippen LogP contribution in [0.2, 0.25) is 0 Å². The number of rotatable bonds is 20. The van der Waals surface area contributed by atoms with Gasteiger partial charge < -0.3 is 20.1 Å².